The van der Waals surface area contributed by atoms with Crippen LogP contribution in [0, 0.1) is 5.92 Å². The van der Waals surface area contributed by atoms with E-state index in [0.29, 0.717) is 5.17 Å². The van der Waals surface area contributed by atoms with Crippen molar-refractivity contribution in [1.29, 1.82) is 0 Å². The molecule has 0 saturated heterocycles. The van der Waals surface area contributed by atoms with E-state index in [1.165, 1.54) is 0 Å². The van der Waals surface area contributed by atoms with Crippen molar-refractivity contribution < 1.29 is 8.78 Å². The van der Waals surface area contributed by atoms with Crippen LogP contribution in [-0.2, 0) is 0 Å². The highest BCUT2D eigenvalue weighted by Crippen LogP contribution is 2.44. The van der Waals surface area contributed by atoms with Crippen LogP contribution >= 0.6 is 11.6 Å². The van der Waals surface area contributed by atoms with Crippen LogP contribution in [0.4, 0.5) is 8.78 Å². The van der Waals surface area contributed by atoms with Gasteiger partial charge in [0.25, 0.3) is 0 Å². The van der Waals surface area contributed by atoms with Crippen molar-refractivity contribution in [2.45, 2.75) is 64.7 Å². The highest BCUT2D eigenvalue weighted by Gasteiger charge is 2.44. The molecule has 1 aliphatic rings. The van der Waals surface area contributed by atoms with E-state index in [1.807, 2.05) is 6.08 Å². The van der Waals surface area contributed by atoms with Crippen molar-refractivity contribution >= 4 is 16.8 Å². The zero-order chi connectivity index (χ0) is 16.8. The first-order valence-electron chi connectivity index (χ1n) is 7.89. The fraction of sp³-hybridized carbons (Fsp3) is 0.611. The van der Waals surface area contributed by atoms with Crippen molar-refractivity contribution in [3.05, 3.63) is 36.1 Å². The molecule has 0 spiro atoms. The van der Waals surface area contributed by atoms with E-state index in [-0.39, 0.29) is 18.8 Å². The number of hydrogen-bond acceptors (Lipinski definition) is 1. The summed E-state index contributed by atoms with van der Waals surface area (Å²) in [7, 11) is 0. The summed E-state index contributed by atoms with van der Waals surface area (Å²) in [6, 6.07) is 0. The fourth-order valence-electron chi connectivity index (χ4n) is 2.68. The molecular weight excluding hydrogens is 304 g/mol. The van der Waals surface area contributed by atoms with E-state index < -0.39 is 5.92 Å². The lowest BCUT2D eigenvalue weighted by molar-refractivity contribution is -0.112. The van der Waals surface area contributed by atoms with Gasteiger partial charge in [-0.3, -0.25) is 0 Å². The molecule has 0 atom stereocenters. The molecule has 0 radical (unpaired) electrons. The Morgan fingerprint density at radius 3 is 2.45 bits per heavy atom. The molecule has 22 heavy (non-hydrogen) atoms. The molecule has 1 rings (SSSR count). The monoisotopic (exact) mass is 329 g/mol. The lowest BCUT2D eigenvalue weighted by Gasteiger charge is -2.34. The molecular formula is C18H26ClF2N. The zero-order valence-corrected chi connectivity index (χ0v) is 14.4. The van der Waals surface area contributed by atoms with Gasteiger partial charge >= 0.3 is 0 Å². The first-order valence-corrected chi connectivity index (χ1v) is 8.27. The van der Waals surface area contributed by atoms with Crippen LogP contribution in [0.15, 0.2) is 41.1 Å². The van der Waals surface area contributed by atoms with Crippen molar-refractivity contribution in [3.8, 4) is 0 Å². The predicted octanol–water partition coefficient (Wildman–Crippen LogP) is 6.66. The number of allylic oxidation sites excluding steroid dienone is 4. The van der Waals surface area contributed by atoms with Gasteiger partial charge in [0.2, 0.25) is 5.92 Å². The molecule has 4 heteroatoms. The summed E-state index contributed by atoms with van der Waals surface area (Å²) in [5.41, 5.74) is 2.72. The Morgan fingerprint density at radius 2 is 1.95 bits per heavy atom. The molecule has 0 amide bonds. The van der Waals surface area contributed by atoms with Crippen LogP contribution < -0.4 is 0 Å². The fourth-order valence-corrected chi connectivity index (χ4v) is 2.79. The Balaban J connectivity index is 2.52. The summed E-state index contributed by atoms with van der Waals surface area (Å²) < 4.78 is 25.6. The van der Waals surface area contributed by atoms with Gasteiger partial charge in [0, 0.05) is 18.5 Å². The molecule has 124 valence electrons. The lowest BCUT2D eigenvalue weighted by Crippen LogP contribution is -2.35. The summed E-state index contributed by atoms with van der Waals surface area (Å²) in [5, 5.41) is 0.468. The van der Waals surface area contributed by atoms with Gasteiger partial charge in [-0.2, -0.15) is 0 Å². The summed E-state index contributed by atoms with van der Waals surface area (Å²) >= 11 is 5.87. The van der Waals surface area contributed by atoms with Gasteiger partial charge in [0.05, 0.1) is 0 Å². The number of alkyl halides is 2. The second kappa shape index (κ2) is 8.61. The third-order valence-corrected chi connectivity index (χ3v) is 3.95. The van der Waals surface area contributed by atoms with Crippen LogP contribution in [0.1, 0.15) is 58.8 Å². The first-order chi connectivity index (χ1) is 10.2. The molecule has 0 aromatic carbocycles. The van der Waals surface area contributed by atoms with Gasteiger partial charge in [-0.05, 0) is 55.7 Å². The van der Waals surface area contributed by atoms with Crippen LogP contribution in [0.2, 0.25) is 0 Å². The lowest BCUT2D eigenvalue weighted by atomic mass is 9.78. The van der Waals surface area contributed by atoms with Gasteiger partial charge in [-0.25, -0.2) is 13.8 Å². The van der Waals surface area contributed by atoms with E-state index >= 15 is 0 Å². The first kappa shape index (κ1) is 19.1. The second-order valence-electron chi connectivity index (χ2n) is 6.15. The van der Waals surface area contributed by atoms with Crippen LogP contribution in [0.25, 0.3) is 0 Å². The maximum atomic E-state index is 12.8. The molecule has 1 fully saturated rings. The third kappa shape index (κ3) is 6.87. The average Bonchev–Trinajstić information content (AvgIpc) is 2.35. The van der Waals surface area contributed by atoms with E-state index in [2.05, 4.69) is 25.1 Å². The maximum Gasteiger partial charge on any atom is 0.248 e. The van der Waals surface area contributed by atoms with Crippen molar-refractivity contribution in [2.75, 3.05) is 0 Å². The summed E-state index contributed by atoms with van der Waals surface area (Å²) in [5.74, 6) is -2.28. The average molecular weight is 330 g/mol. The molecule has 1 aliphatic carbocycles. The Hall–Kier alpha value is -0.960. The molecule has 0 aliphatic heterocycles. The highest BCUT2D eigenvalue weighted by atomic mass is 35.5. The van der Waals surface area contributed by atoms with Crippen molar-refractivity contribution in [2.24, 2.45) is 10.9 Å². The van der Waals surface area contributed by atoms with Gasteiger partial charge < -0.3 is 0 Å². The molecule has 0 heterocycles. The SMILES string of the molecule is C=C(/C=C(CCCC1CC(F)(F)C1)\N=C(/C)Cl)C(=C)CCC. The van der Waals surface area contributed by atoms with Crippen LogP contribution in [0.3, 0.4) is 0 Å². The number of aliphatic imine (C=N–C) groups is 1. The maximum absolute atomic E-state index is 12.8. The van der Waals surface area contributed by atoms with Crippen molar-refractivity contribution in [1.82, 2.24) is 0 Å². The molecule has 1 nitrogen and oxygen atoms in total. The smallest absolute Gasteiger partial charge is 0.246 e. The quantitative estimate of drug-likeness (QED) is 0.331. The normalized spacial score (nSPS) is 19.0. The summed E-state index contributed by atoms with van der Waals surface area (Å²) in [4.78, 5) is 4.32. The highest BCUT2D eigenvalue weighted by molar-refractivity contribution is 6.64. The van der Waals surface area contributed by atoms with Gasteiger partial charge in [-0.15, -0.1) is 0 Å². The third-order valence-electron chi connectivity index (χ3n) is 3.86. The Labute approximate surface area is 137 Å². The van der Waals surface area contributed by atoms with E-state index in [0.717, 1.165) is 48.9 Å². The summed E-state index contributed by atoms with van der Waals surface area (Å²) in [6.45, 7) is 11.9. The molecule has 1 saturated carbocycles. The molecule has 0 aromatic rings. The number of halogens is 3. The minimum absolute atomic E-state index is 0.0316. The molecule has 0 bridgehead atoms. The Morgan fingerprint density at radius 1 is 1.32 bits per heavy atom. The van der Waals surface area contributed by atoms with Gasteiger partial charge in [-0.1, -0.05) is 38.1 Å². The van der Waals surface area contributed by atoms with Crippen molar-refractivity contribution in [3.63, 3.8) is 0 Å². The Kier molecular flexibility index (Phi) is 7.47. The number of nitrogens with zero attached hydrogens (tertiary/aromatic N) is 1. The molecule has 0 N–H and O–H groups in total. The largest absolute Gasteiger partial charge is 0.248 e. The standard InChI is InChI=1S/C18H26ClF2N/c1-5-7-13(2)14(3)10-17(22-15(4)19)9-6-8-16-11-18(20,21)12-16/h10,16H,2-3,5-9,11-12H2,1,4H3/b17-10-,22-15+. The second-order valence-corrected chi connectivity index (χ2v) is 6.69. The minimum Gasteiger partial charge on any atom is -0.246 e. The van der Waals surface area contributed by atoms with E-state index in [9.17, 15) is 8.78 Å². The van der Waals surface area contributed by atoms with Gasteiger partial charge in [0.1, 0.15) is 5.17 Å². The molecule has 0 unspecified atom stereocenters. The molecule has 0 aromatic heterocycles. The summed E-state index contributed by atoms with van der Waals surface area (Å²) in [6.07, 6.45) is 6.29. The van der Waals surface area contributed by atoms with Crippen LogP contribution in [-0.4, -0.2) is 11.1 Å². The predicted molar refractivity (Wildman–Crippen MR) is 91.8 cm³/mol. The Bertz CT molecular complexity index is 465. The number of rotatable bonds is 9. The van der Waals surface area contributed by atoms with Gasteiger partial charge in [0.15, 0.2) is 0 Å². The number of hydrogen-bond donors (Lipinski definition) is 0. The zero-order valence-electron chi connectivity index (χ0n) is 13.6. The minimum atomic E-state index is -2.43. The van der Waals surface area contributed by atoms with E-state index in [1.54, 1.807) is 6.92 Å². The topological polar surface area (TPSA) is 12.4 Å². The van der Waals surface area contributed by atoms with E-state index in [4.69, 9.17) is 11.6 Å². The van der Waals surface area contributed by atoms with Crippen LogP contribution in [0.5, 0.6) is 0 Å².